The molecular formula is C120H112N22O4. The van der Waals surface area contributed by atoms with Gasteiger partial charge in [-0.2, -0.15) is 0 Å². The van der Waals surface area contributed by atoms with E-state index in [1.807, 2.05) is 46.0 Å². The molecule has 0 aliphatic carbocycles. The zero-order chi connectivity index (χ0) is 101. The maximum absolute atomic E-state index is 6.83. The van der Waals surface area contributed by atoms with Crippen LogP contribution in [0.15, 0.2) is 231 Å². The molecule has 726 valence electrons. The van der Waals surface area contributed by atoms with Crippen molar-refractivity contribution >= 4 is 110 Å². The summed E-state index contributed by atoms with van der Waals surface area (Å²) in [4.78, 5) is 79.3. The van der Waals surface area contributed by atoms with Gasteiger partial charge >= 0.3 is 0 Å². The molecule has 12 heterocycles. The summed E-state index contributed by atoms with van der Waals surface area (Å²) in [6, 6.07) is 76.6. The quantitative estimate of drug-likeness (QED) is 0.0615. The molecule has 146 heavy (non-hydrogen) atoms. The molecule has 8 aromatic heterocycles. The van der Waals surface area contributed by atoms with E-state index in [4.69, 9.17) is 89.0 Å². The van der Waals surface area contributed by atoms with Crippen LogP contribution in [0.5, 0.6) is 11.5 Å². The van der Waals surface area contributed by atoms with Crippen molar-refractivity contribution in [2.75, 3.05) is 39.6 Å². The van der Waals surface area contributed by atoms with Crippen LogP contribution in [-0.4, -0.2) is 149 Å². The molecule has 0 saturated carbocycles. The molecule has 12 aromatic carbocycles. The van der Waals surface area contributed by atoms with Crippen LogP contribution in [-0.2, 0) is 55.1 Å². The lowest BCUT2D eigenvalue weighted by atomic mass is 9.85. The summed E-state index contributed by atoms with van der Waals surface area (Å²) < 4.78 is 30.0. The molecule has 0 fully saturated rings. The Kier molecular flexibility index (Phi) is 21.9. The van der Waals surface area contributed by atoms with Crippen LogP contribution in [0.4, 0.5) is 0 Å². The van der Waals surface area contributed by atoms with Crippen LogP contribution in [0.2, 0.25) is 0 Å². The first kappa shape index (κ1) is 92.1. The minimum absolute atomic E-state index is 0.130. The number of hydrogen-bond acceptors (Lipinski definition) is 20. The maximum atomic E-state index is 6.83. The lowest BCUT2D eigenvalue weighted by Gasteiger charge is -2.20. The monoisotopic (exact) mass is 1920 g/mol. The molecule has 0 spiro atoms. The van der Waals surface area contributed by atoms with E-state index in [9.17, 15) is 0 Å². The number of aromatic nitrogens is 22. The average Bonchev–Trinajstić information content (AvgIpc) is 1.01. The Morgan fingerprint density at radius 3 is 0.808 bits per heavy atom. The van der Waals surface area contributed by atoms with Gasteiger partial charge in [0.25, 0.3) is 0 Å². The molecule has 0 atom stereocenters. The molecule has 0 amide bonds. The van der Waals surface area contributed by atoms with E-state index >= 15 is 0 Å². The molecule has 0 radical (unpaired) electrons. The largest absolute Gasteiger partial charge is 0.491 e. The third-order valence-corrected chi connectivity index (χ3v) is 28.5. The van der Waals surface area contributed by atoms with E-state index in [0.29, 0.717) is 154 Å². The SMILES string of the molecule is CC(C)(C)c1ccc2c(c1)-c1nc-2nc2[nH]c(nc3nc(nc4[nH]c(n1)c1ccc(-c5cn(CCOCCOc6ccc7ccccc7c6-c6c(OCCOCCn7cc(-c8ccc9c%10nc%11nc(nc%12[nH]c(nc%13nc(nc([nH]%10)c9c8)-c8ccc(C(C)(C)C)cc8-%13)c8ccc(C(C)(C)C)cc%128)-c8ccc(C(C)(C)C)cc8-%11)nn7)ccc7ccccc67)nn5)cc41)-c1ccc(C(C)(C)C)cc1-3)c1ccc(C(C)(C)C)cc21. The van der Waals surface area contributed by atoms with E-state index in [-0.39, 0.29) is 45.7 Å². The number of ether oxygens (including phenoxy) is 4. The molecule has 4 aliphatic rings. The smallest absolute Gasteiger partial charge is 0.164 e. The first-order valence-electron chi connectivity index (χ1n) is 50.1. The highest BCUT2D eigenvalue weighted by molar-refractivity contribution is 6.13. The fourth-order valence-electron chi connectivity index (χ4n) is 20.0. The first-order chi connectivity index (χ1) is 70.0. The fraction of sp³-hybridized carbons (Fsp3) is 0.267. The van der Waals surface area contributed by atoms with Gasteiger partial charge in [-0.25, -0.2) is 69.2 Å². The number of benzene rings is 12. The molecule has 24 rings (SSSR count). The summed E-state index contributed by atoms with van der Waals surface area (Å²) in [6.45, 7) is 42.7. The topological polar surface area (TPSA) is 316 Å². The zero-order valence-electron chi connectivity index (χ0n) is 85.3. The van der Waals surface area contributed by atoms with Crippen LogP contribution < -0.4 is 9.47 Å². The summed E-state index contributed by atoms with van der Waals surface area (Å²) in [5, 5.41) is 29.9. The number of nitrogens with zero attached hydrogens (tertiary/aromatic N) is 18. The van der Waals surface area contributed by atoms with Gasteiger partial charge in [-0.15, -0.1) is 10.2 Å². The van der Waals surface area contributed by atoms with Gasteiger partial charge in [0.1, 0.15) is 81.3 Å². The van der Waals surface area contributed by atoms with Crippen molar-refractivity contribution < 1.29 is 18.9 Å². The van der Waals surface area contributed by atoms with E-state index in [1.54, 1.807) is 0 Å². The normalized spacial score (nSPS) is 12.9. The van der Waals surface area contributed by atoms with Gasteiger partial charge in [0.15, 0.2) is 46.6 Å². The Bertz CT molecular complexity index is 8620. The second kappa shape index (κ2) is 34.8. The standard InChI is InChI=1S/C120H112N22O4/c1-115(2,3)69-31-39-79-87(57-69)111-127-101(79)123-107-85-55-67(27-37-77(85)99(121-107)125-109-89-59-71(117(7,8)9)33-41-81(89)103(129-109)133-113-91-61-73(119(13,14)15)35-43-83(91)105(131-111)135-113)93-63-141(139-137-93)47-49-143-51-53-145-95-45-29-65-23-19-21-25-75(65)97(95)98-76-26-22-20-24-66(76)30-46-96(98)146-54-52-144-50-48-142-64-94(138-140-142)68-28-38-78-86(56-68)108-122-100(78)126-110-90-60-72(118(10,11)12)34-42-82(90)104(130-110)134-114-92-62-74(120(16,17)18)36-44-84(92)106(136-114)132-112-88-58-70(116(4,5)6)32-40-80(88)102(124-108)128-112/h19-46,55-64H,47-54H2,1-18H3,(H2,121,123,125,127,129,131,133,135)(H2,122,124,126,128,130,132,134,136). The molecule has 4 aliphatic heterocycles. The third-order valence-electron chi connectivity index (χ3n) is 28.5. The summed E-state index contributed by atoms with van der Waals surface area (Å²) in [7, 11) is 0. The van der Waals surface area contributed by atoms with Gasteiger partial charge in [-0.05, 0) is 160 Å². The number of nitrogens with one attached hydrogen (secondary N) is 4. The molecule has 4 N–H and O–H groups in total. The van der Waals surface area contributed by atoms with Gasteiger partial charge in [0.05, 0.1) is 51.9 Å². The van der Waals surface area contributed by atoms with E-state index in [2.05, 4.69) is 349 Å². The van der Waals surface area contributed by atoms with Crippen molar-refractivity contribution in [3.63, 3.8) is 0 Å². The summed E-state index contributed by atoms with van der Waals surface area (Å²) in [6.07, 6.45) is 3.89. The van der Waals surface area contributed by atoms with Gasteiger partial charge in [0, 0.05) is 110 Å². The molecule has 26 heteroatoms. The lowest BCUT2D eigenvalue weighted by Crippen LogP contribution is -2.13. The van der Waals surface area contributed by atoms with Crippen molar-refractivity contribution in [2.24, 2.45) is 0 Å². The second-order valence-corrected chi connectivity index (χ2v) is 44.8. The van der Waals surface area contributed by atoms with Crippen molar-refractivity contribution in [1.29, 1.82) is 0 Å². The Balaban J connectivity index is 0.476. The minimum atomic E-state index is -0.158. The highest BCUT2D eigenvalue weighted by atomic mass is 16.5. The first-order valence-corrected chi connectivity index (χ1v) is 50.1. The Morgan fingerprint density at radius 1 is 0.233 bits per heavy atom. The Morgan fingerprint density at radius 2 is 0.500 bits per heavy atom. The zero-order valence-corrected chi connectivity index (χ0v) is 85.3. The minimum Gasteiger partial charge on any atom is -0.491 e. The van der Waals surface area contributed by atoms with Crippen molar-refractivity contribution in [2.45, 2.75) is 170 Å². The predicted octanol–water partition coefficient (Wildman–Crippen LogP) is 26.5. The predicted molar refractivity (Wildman–Crippen MR) is 582 cm³/mol. The molecule has 20 aromatic rings. The van der Waals surface area contributed by atoms with Crippen molar-refractivity contribution in [1.82, 2.24) is 110 Å². The molecular weight excluding hydrogens is 1810 g/mol. The summed E-state index contributed by atoms with van der Waals surface area (Å²) >= 11 is 0. The number of hydrogen-bond donors (Lipinski definition) is 4. The van der Waals surface area contributed by atoms with Crippen LogP contribution in [0, 0.1) is 0 Å². The Hall–Kier alpha value is -16.3. The van der Waals surface area contributed by atoms with Crippen molar-refractivity contribution in [3.05, 3.63) is 264 Å². The van der Waals surface area contributed by atoms with Crippen LogP contribution in [0.3, 0.4) is 0 Å². The van der Waals surface area contributed by atoms with Crippen LogP contribution in [0.1, 0.15) is 158 Å². The highest BCUT2D eigenvalue weighted by Crippen LogP contribution is 2.50. The number of H-pyrrole nitrogens is 4. The van der Waals surface area contributed by atoms with Gasteiger partial charge < -0.3 is 38.9 Å². The highest BCUT2D eigenvalue weighted by Gasteiger charge is 2.33. The van der Waals surface area contributed by atoms with E-state index in [0.717, 1.165) is 154 Å². The van der Waals surface area contributed by atoms with Gasteiger partial charge in [-0.3, -0.25) is 0 Å². The number of fused-ring (bicyclic) bond motifs is 42. The average molecular weight is 1930 g/mol. The van der Waals surface area contributed by atoms with Gasteiger partial charge in [0.2, 0.25) is 0 Å². The molecule has 26 nitrogen and oxygen atoms in total. The summed E-state index contributed by atoms with van der Waals surface area (Å²) in [5.41, 5.74) is 22.8. The van der Waals surface area contributed by atoms with Gasteiger partial charge in [-0.1, -0.05) is 281 Å². The van der Waals surface area contributed by atoms with Crippen LogP contribution >= 0.6 is 0 Å². The van der Waals surface area contributed by atoms with E-state index < -0.39 is 0 Å². The molecule has 0 saturated heterocycles. The second-order valence-electron chi connectivity index (χ2n) is 44.8. The van der Waals surface area contributed by atoms with Crippen molar-refractivity contribution in [3.8, 4) is 136 Å². The fourth-order valence-corrected chi connectivity index (χ4v) is 20.0. The Labute approximate surface area is 843 Å². The number of aromatic amines is 4. The maximum Gasteiger partial charge on any atom is 0.164 e. The lowest BCUT2D eigenvalue weighted by molar-refractivity contribution is 0.0920. The molecule has 0 unspecified atom stereocenters. The summed E-state index contributed by atoms with van der Waals surface area (Å²) in [5.74, 6) is 5.66. The van der Waals surface area contributed by atoms with Crippen LogP contribution in [0.25, 0.3) is 235 Å². The van der Waals surface area contributed by atoms with E-state index in [1.165, 1.54) is 11.1 Å². The number of rotatable bonds is 17. The third kappa shape index (κ3) is 17.0. The molecule has 16 bridgehead atoms.